The van der Waals surface area contributed by atoms with E-state index in [1.54, 1.807) is 6.07 Å². The highest BCUT2D eigenvalue weighted by Gasteiger charge is 2.36. The molecule has 1 fully saturated rings. The fourth-order valence-corrected chi connectivity index (χ4v) is 3.82. The summed E-state index contributed by atoms with van der Waals surface area (Å²) in [6.07, 6.45) is 3.31. The number of hydrogen-bond donors (Lipinski definition) is 1. The molecule has 1 aliphatic carbocycles. The van der Waals surface area contributed by atoms with Crippen LogP contribution in [0, 0.1) is 17.7 Å². The Morgan fingerprint density at radius 1 is 1.33 bits per heavy atom. The summed E-state index contributed by atoms with van der Waals surface area (Å²) in [5, 5.41) is 10.7. The summed E-state index contributed by atoms with van der Waals surface area (Å²) in [5.74, 6) is 0.810. The van der Waals surface area contributed by atoms with E-state index in [0.29, 0.717) is 22.7 Å². The molecule has 0 saturated heterocycles. The van der Waals surface area contributed by atoms with Crippen LogP contribution in [0.4, 0.5) is 4.39 Å². The van der Waals surface area contributed by atoms with Gasteiger partial charge in [-0.3, -0.25) is 0 Å². The van der Waals surface area contributed by atoms with E-state index in [1.165, 1.54) is 12.5 Å². The summed E-state index contributed by atoms with van der Waals surface area (Å²) in [7, 11) is 0. The minimum atomic E-state index is -0.687. The van der Waals surface area contributed by atoms with Crippen LogP contribution < -0.4 is 0 Å². The molecule has 1 saturated carbocycles. The van der Waals surface area contributed by atoms with Crippen LogP contribution in [0.2, 0.25) is 0 Å². The van der Waals surface area contributed by atoms with Gasteiger partial charge in [-0.2, -0.15) is 0 Å². The molecule has 1 aliphatic rings. The maximum absolute atomic E-state index is 13.5. The van der Waals surface area contributed by atoms with Crippen LogP contribution in [-0.2, 0) is 6.42 Å². The molecule has 0 bridgehead atoms. The molecule has 18 heavy (non-hydrogen) atoms. The summed E-state index contributed by atoms with van der Waals surface area (Å²) in [6.45, 7) is 4.36. The second-order valence-corrected chi connectivity index (χ2v) is 6.76. The van der Waals surface area contributed by atoms with E-state index >= 15 is 0 Å². The first kappa shape index (κ1) is 14.0. The second kappa shape index (κ2) is 5.30. The van der Waals surface area contributed by atoms with Gasteiger partial charge in [-0.1, -0.05) is 26.0 Å². The molecule has 2 atom stereocenters. The van der Waals surface area contributed by atoms with Crippen molar-refractivity contribution in [3.8, 4) is 0 Å². The molecule has 3 heteroatoms. The van der Waals surface area contributed by atoms with Gasteiger partial charge in [0.25, 0.3) is 0 Å². The quantitative estimate of drug-likeness (QED) is 0.862. The standard InChI is InChI=1S/C15H20BrFO/c1-10-6-11(2)8-15(18,7-10)9-12-4-3-5-13(17)14(12)16/h3-5,10-11,18H,6-9H2,1-2H3. The molecular weight excluding hydrogens is 295 g/mol. The molecule has 100 valence electrons. The Bertz CT molecular complexity index is 423. The van der Waals surface area contributed by atoms with Gasteiger partial charge in [-0.15, -0.1) is 0 Å². The fraction of sp³-hybridized carbons (Fsp3) is 0.600. The van der Waals surface area contributed by atoms with Gasteiger partial charge in [0.05, 0.1) is 10.1 Å². The Balaban J connectivity index is 2.19. The van der Waals surface area contributed by atoms with E-state index in [2.05, 4.69) is 29.8 Å². The van der Waals surface area contributed by atoms with Gasteiger partial charge in [0.15, 0.2) is 0 Å². The molecule has 0 aliphatic heterocycles. The van der Waals surface area contributed by atoms with Crippen LogP contribution in [0.5, 0.6) is 0 Å². The van der Waals surface area contributed by atoms with Crippen molar-refractivity contribution < 1.29 is 9.50 Å². The molecule has 2 unspecified atom stereocenters. The summed E-state index contributed by atoms with van der Waals surface area (Å²) in [5.41, 5.74) is 0.173. The van der Waals surface area contributed by atoms with Crippen LogP contribution in [0.3, 0.4) is 0 Å². The average Bonchev–Trinajstić information content (AvgIpc) is 2.22. The summed E-state index contributed by atoms with van der Waals surface area (Å²) >= 11 is 3.28. The lowest BCUT2D eigenvalue weighted by Gasteiger charge is -2.39. The lowest BCUT2D eigenvalue weighted by Crippen LogP contribution is -2.39. The topological polar surface area (TPSA) is 20.2 Å². The fourth-order valence-electron chi connectivity index (χ4n) is 3.42. The van der Waals surface area contributed by atoms with Crippen molar-refractivity contribution in [1.82, 2.24) is 0 Å². The van der Waals surface area contributed by atoms with Crippen molar-refractivity contribution in [3.05, 3.63) is 34.1 Å². The van der Waals surface area contributed by atoms with Gasteiger partial charge >= 0.3 is 0 Å². The van der Waals surface area contributed by atoms with Crippen LogP contribution >= 0.6 is 15.9 Å². The SMILES string of the molecule is CC1CC(C)CC(O)(Cc2cccc(F)c2Br)C1. The molecule has 2 rings (SSSR count). The maximum atomic E-state index is 13.5. The van der Waals surface area contributed by atoms with Gasteiger partial charge in [0.2, 0.25) is 0 Å². The Labute approximate surface area is 117 Å². The van der Waals surface area contributed by atoms with E-state index in [1.807, 2.05) is 6.07 Å². The Kier molecular flexibility index (Phi) is 4.12. The Morgan fingerprint density at radius 2 is 1.94 bits per heavy atom. The summed E-state index contributed by atoms with van der Waals surface area (Å²) in [4.78, 5) is 0. The van der Waals surface area contributed by atoms with Gasteiger partial charge in [-0.25, -0.2) is 4.39 Å². The zero-order valence-corrected chi connectivity index (χ0v) is 12.5. The third-order valence-electron chi connectivity index (χ3n) is 3.81. The van der Waals surface area contributed by atoms with Gasteiger partial charge in [0, 0.05) is 6.42 Å². The van der Waals surface area contributed by atoms with Crippen molar-refractivity contribution in [2.75, 3.05) is 0 Å². The van der Waals surface area contributed by atoms with E-state index < -0.39 is 5.60 Å². The van der Waals surface area contributed by atoms with Gasteiger partial charge in [0.1, 0.15) is 5.82 Å². The molecular formula is C15H20BrFO. The number of hydrogen-bond acceptors (Lipinski definition) is 1. The molecule has 0 spiro atoms. The van der Waals surface area contributed by atoms with Crippen LogP contribution in [0.25, 0.3) is 0 Å². The van der Waals surface area contributed by atoms with Gasteiger partial charge in [-0.05, 0) is 58.7 Å². The Morgan fingerprint density at radius 3 is 2.56 bits per heavy atom. The van der Waals surface area contributed by atoms with Crippen molar-refractivity contribution in [3.63, 3.8) is 0 Å². The molecule has 1 N–H and O–H groups in total. The minimum Gasteiger partial charge on any atom is -0.390 e. The molecule has 0 heterocycles. The number of benzene rings is 1. The minimum absolute atomic E-state index is 0.256. The molecule has 1 aromatic rings. The van der Waals surface area contributed by atoms with Crippen molar-refractivity contribution >= 4 is 15.9 Å². The smallest absolute Gasteiger partial charge is 0.137 e. The second-order valence-electron chi connectivity index (χ2n) is 5.97. The third-order valence-corrected chi connectivity index (χ3v) is 4.70. The summed E-state index contributed by atoms with van der Waals surface area (Å²) < 4.78 is 14.0. The molecule has 1 aromatic carbocycles. The Hall–Kier alpha value is -0.410. The zero-order chi connectivity index (χ0) is 13.3. The molecule has 0 aromatic heterocycles. The first-order chi connectivity index (χ1) is 8.39. The highest BCUT2D eigenvalue weighted by atomic mass is 79.9. The highest BCUT2D eigenvalue weighted by Crippen LogP contribution is 2.39. The number of halogens is 2. The first-order valence-corrected chi connectivity index (χ1v) is 7.34. The largest absolute Gasteiger partial charge is 0.390 e. The van der Waals surface area contributed by atoms with Crippen LogP contribution in [-0.4, -0.2) is 10.7 Å². The highest BCUT2D eigenvalue weighted by molar-refractivity contribution is 9.10. The van der Waals surface area contributed by atoms with E-state index in [0.717, 1.165) is 18.4 Å². The molecule has 0 amide bonds. The van der Waals surface area contributed by atoms with E-state index in [9.17, 15) is 9.50 Å². The number of rotatable bonds is 2. The summed E-state index contributed by atoms with van der Waals surface area (Å²) in [6, 6.07) is 5.02. The van der Waals surface area contributed by atoms with E-state index in [4.69, 9.17) is 0 Å². The van der Waals surface area contributed by atoms with Gasteiger partial charge < -0.3 is 5.11 Å². The predicted octanol–water partition coefficient (Wildman–Crippen LogP) is 4.32. The van der Waals surface area contributed by atoms with E-state index in [-0.39, 0.29) is 5.82 Å². The monoisotopic (exact) mass is 314 g/mol. The molecule has 1 nitrogen and oxygen atoms in total. The third kappa shape index (κ3) is 3.12. The molecule has 0 radical (unpaired) electrons. The lowest BCUT2D eigenvalue weighted by molar-refractivity contribution is -0.0306. The lowest BCUT2D eigenvalue weighted by atomic mass is 9.71. The number of aliphatic hydroxyl groups is 1. The van der Waals surface area contributed by atoms with Crippen LogP contribution in [0.1, 0.15) is 38.7 Å². The normalized spacial score (nSPS) is 32.5. The zero-order valence-electron chi connectivity index (χ0n) is 10.9. The van der Waals surface area contributed by atoms with Crippen molar-refractivity contribution in [2.24, 2.45) is 11.8 Å². The van der Waals surface area contributed by atoms with Crippen LogP contribution in [0.15, 0.2) is 22.7 Å². The maximum Gasteiger partial charge on any atom is 0.137 e. The van der Waals surface area contributed by atoms with Crippen molar-refractivity contribution in [1.29, 1.82) is 0 Å². The predicted molar refractivity (Wildman–Crippen MR) is 74.9 cm³/mol. The average molecular weight is 315 g/mol. The van der Waals surface area contributed by atoms with Crippen molar-refractivity contribution in [2.45, 2.75) is 45.1 Å². The first-order valence-electron chi connectivity index (χ1n) is 6.55.